The average Bonchev–Trinajstić information content (AvgIpc) is 2.94. The first-order valence-electron chi connectivity index (χ1n) is 8.19. The summed E-state index contributed by atoms with van der Waals surface area (Å²) in [5.74, 6) is 0. The van der Waals surface area contributed by atoms with Crippen molar-refractivity contribution in [3.05, 3.63) is 46.8 Å². The lowest BCUT2D eigenvalue weighted by Crippen LogP contribution is -2.32. The molecule has 1 aliphatic rings. The van der Waals surface area contributed by atoms with Crippen LogP contribution in [0.1, 0.15) is 22.5 Å². The molecular formula is C17H19F3N4O2. The van der Waals surface area contributed by atoms with Crippen molar-refractivity contribution in [2.75, 3.05) is 18.5 Å². The maximum atomic E-state index is 13.1. The second-order valence-electron chi connectivity index (χ2n) is 6.05. The molecule has 3 rings (SSSR count). The number of urea groups is 1. The van der Waals surface area contributed by atoms with E-state index >= 15 is 0 Å². The first kappa shape index (κ1) is 18.2. The van der Waals surface area contributed by atoms with Crippen LogP contribution < -0.4 is 10.6 Å². The van der Waals surface area contributed by atoms with Crippen molar-refractivity contribution < 1.29 is 22.7 Å². The Morgan fingerprint density at radius 3 is 2.92 bits per heavy atom. The van der Waals surface area contributed by atoms with Crippen LogP contribution in [-0.2, 0) is 30.5 Å². The van der Waals surface area contributed by atoms with Crippen LogP contribution in [0.4, 0.5) is 23.7 Å². The molecule has 0 spiro atoms. The number of ether oxygens (including phenoxy) is 1. The molecule has 0 fully saturated rings. The Balaban J connectivity index is 1.61. The maximum absolute atomic E-state index is 13.1. The number of nitrogens with zero attached hydrogens (tertiary/aromatic N) is 2. The van der Waals surface area contributed by atoms with Gasteiger partial charge in [-0.1, -0.05) is 12.1 Å². The number of aromatic nitrogens is 2. The highest BCUT2D eigenvalue weighted by Gasteiger charge is 2.39. The van der Waals surface area contributed by atoms with E-state index in [9.17, 15) is 18.0 Å². The Kier molecular flexibility index (Phi) is 5.17. The van der Waals surface area contributed by atoms with E-state index in [4.69, 9.17) is 4.74 Å². The lowest BCUT2D eigenvalue weighted by atomic mass is 10.1. The van der Waals surface area contributed by atoms with Crippen LogP contribution in [0.2, 0.25) is 0 Å². The van der Waals surface area contributed by atoms with Crippen LogP contribution in [0.5, 0.6) is 0 Å². The van der Waals surface area contributed by atoms with Crippen LogP contribution >= 0.6 is 0 Å². The molecule has 0 saturated heterocycles. The minimum absolute atomic E-state index is 0.0907. The van der Waals surface area contributed by atoms with Crippen LogP contribution in [0, 0.1) is 6.92 Å². The van der Waals surface area contributed by atoms with Crippen LogP contribution in [0.25, 0.3) is 0 Å². The molecule has 2 aromatic rings. The Bertz CT molecular complexity index is 802. The van der Waals surface area contributed by atoms with Crippen LogP contribution in [0.3, 0.4) is 0 Å². The van der Waals surface area contributed by atoms with Gasteiger partial charge < -0.3 is 15.4 Å². The second kappa shape index (κ2) is 7.36. The highest BCUT2D eigenvalue weighted by Crippen LogP contribution is 2.34. The van der Waals surface area contributed by atoms with E-state index in [0.717, 1.165) is 5.56 Å². The fourth-order valence-electron chi connectivity index (χ4n) is 2.89. The van der Waals surface area contributed by atoms with Crippen LogP contribution in [-0.4, -0.2) is 29.0 Å². The van der Waals surface area contributed by atoms with Gasteiger partial charge in [0.2, 0.25) is 0 Å². The van der Waals surface area contributed by atoms with Gasteiger partial charge in [-0.3, -0.25) is 4.68 Å². The SMILES string of the molecule is Cc1cccc(NC(=O)NCCn2nc(C(F)(F)F)c3c2CCOC3)c1. The predicted octanol–water partition coefficient (Wildman–Crippen LogP) is 3.10. The number of nitrogens with one attached hydrogen (secondary N) is 2. The van der Waals surface area contributed by atoms with E-state index in [1.807, 2.05) is 25.1 Å². The first-order valence-corrected chi connectivity index (χ1v) is 8.19. The average molecular weight is 368 g/mol. The van der Waals surface area contributed by atoms with Crippen molar-refractivity contribution in [3.63, 3.8) is 0 Å². The highest BCUT2D eigenvalue weighted by molar-refractivity contribution is 5.89. The molecule has 2 heterocycles. The number of alkyl halides is 3. The third kappa shape index (κ3) is 4.16. The molecule has 2 amide bonds. The molecule has 9 heteroatoms. The van der Waals surface area contributed by atoms with Crippen molar-refractivity contribution in [1.82, 2.24) is 15.1 Å². The van der Waals surface area contributed by atoms with E-state index in [1.54, 1.807) is 6.07 Å². The molecule has 26 heavy (non-hydrogen) atoms. The number of amides is 2. The summed E-state index contributed by atoms with van der Waals surface area (Å²) < 4.78 is 45.8. The smallest absolute Gasteiger partial charge is 0.376 e. The van der Waals surface area contributed by atoms with Gasteiger partial charge in [-0.2, -0.15) is 18.3 Å². The number of benzene rings is 1. The molecule has 6 nitrogen and oxygen atoms in total. The molecule has 0 atom stereocenters. The number of hydrogen-bond donors (Lipinski definition) is 2. The molecule has 1 aromatic carbocycles. The summed E-state index contributed by atoms with van der Waals surface area (Å²) in [6, 6.07) is 6.88. The lowest BCUT2D eigenvalue weighted by molar-refractivity contribution is -0.142. The zero-order chi connectivity index (χ0) is 18.7. The molecule has 0 aliphatic carbocycles. The summed E-state index contributed by atoms with van der Waals surface area (Å²) >= 11 is 0. The summed E-state index contributed by atoms with van der Waals surface area (Å²) in [4.78, 5) is 11.9. The number of aryl methyl sites for hydroxylation is 1. The van der Waals surface area contributed by atoms with E-state index in [-0.39, 0.29) is 25.3 Å². The number of hydrogen-bond acceptors (Lipinski definition) is 3. The monoisotopic (exact) mass is 368 g/mol. The van der Waals surface area contributed by atoms with E-state index in [1.165, 1.54) is 4.68 Å². The second-order valence-corrected chi connectivity index (χ2v) is 6.05. The Morgan fingerprint density at radius 2 is 2.19 bits per heavy atom. The number of carbonyl (C=O) groups excluding carboxylic acids is 1. The van der Waals surface area contributed by atoms with E-state index < -0.39 is 17.9 Å². The fourth-order valence-corrected chi connectivity index (χ4v) is 2.89. The summed E-state index contributed by atoms with van der Waals surface area (Å²) in [7, 11) is 0. The highest BCUT2D eigenvalue weighted by atomic mass is 19.4. The van der Waals surface area contributed by atoms with Gasteiger partial charge in [0.05, 0.1) is 19.8 Å². The van der Waals surface area contributed by atoms with Crippen LogP contribution in [0.15, 0.2) is 24.3 Å². The largest absolute Gasteiger partial charge is 0.435 e. The zero-order valence-corrected chi connectivity index (χ0v) is 14.2. The van der Waals surface area contributed by atoms with Gasteiger partial charge in [-0.25, -0.2) is 4.79 Å². The molecule has 1 aromatic heterocycles. The number of rotatable bonds is 4. The molecule has 0 saturated carbocycles. The zero-order valence-electron chi connectivity index (χ0n) is 14.2. The third-order valence-corrected chi connectivity index (χ3v) is 4.05. The lowest BCUT2D eigenvalue weighted by Gasteiger charge is -2.15. The van der Waals surface area contributed by atoms with Gasteiger partial charge in [0.1, 0.15) is 0 Å². The number of carbonyl (C=O) groups is 1. The fraction of sp³-hybridized carbons (Fsp3) is 0.412. The van der Waals surface area contributed by atoms with Gasteiger partial charge in [-0.05, 0) is 24.6 Å². The van der Waals surface area contributed by atoms with Gasteiger partial charge in [0, 0.05) is 29.9 Å². The van der Waals surface area contributed by atoms with Gasteiger partial charge in [0.25, 0.3) is 0 Å². The van der Waals surface area contributed by atoms with Gasteiger partial charge in [-0.15, -0.1) is 0 Å². The number of anilines is 1. The Morgan fingerprint density at radius 1 is 1.38 bits per heavy atom. The molecule has 140 valence electrons. The summed E-state index contributed by atoms with van der Waals surface area (Å²) in [6.07, 6.45) is -4.15. The first-order chi connectivity index (χ1) is 12.3. The Hall–Kier alpha value is -2.55. The minimum atomic E-state index is -4.52. The standard InChI is InChI=1S/C17H19F3N4O2/c1-11-3-2-4-12(9-11)22-16(25)21-6-7-24-14-5-8-26-10-13(14)15(23-24)17(18,19)20/h2-4,9H,5-8,10H2,1H3,(H2,21,22,25). The van der Waals surface area contributed by atoms with Crippen molar-refractivity contribution >= 4 is 11.7 Å². The Labute approximate surface area is 148 Å². The van der Waals surface area contributed by atoms with Crippen molar-refractivity contribution in [3.8, 4) is 0 Å². The molecular weight excluding hydrogens is 349 g/mol. The summed E-state index contributed by atoms with van der Waals surface area (Å²) in [6.45, 7) is 2.48. The van der Waals surface area contributed by atoms with Gasteiger partial charge >= 0.3 is 12.2 Å². The molecule has 0 bridgehead atoms. The summed E-state index contributed by atoms with van der Waals surface area (Å²) in [5.41, 5.74) is 1.36. The molecule has 0 unspecified atom stereocenters. The number of halogens is 3. The maximum Gasteiger partial charge on any atom is 0.435 e. The molecule has 2 N–H and O–H groups in total. The van der Waals surface area contributed by atoms with Gasteiger partial charge in [0.15, 0.2) is 5.69 Å². The number of fused-ring (bicyclic) bond motifs is 1. The molecule has 1 aliphatic heterocycles. The van der Waals surface area contributed by atoms with E-state index in [2.05, 4.69) is 15.7 Å². The molecule has 0 radical (unpaired) electrons. The topological polar surface area (TPSA) is 68.2 Å². The predicted molar refractivity (Wildman–Crippen MR) is 88.8 cm³/mol. The minimum Gasteiger partial charge on any atom is -0.376 e. The van der Waals surface area contributed by atoms with Crippen molar-refractivity contribution in [1.29, 1.82) is 0 Å². The van der Waals surface area contributed by atoms with E-state index in [0.29, 0.717) is 24.4 Å². The van der Waals surface area contributed by atoms with Crippen molar-refractivity contribution in [2.45, 2.75) is 32.7 Å². The normalized spacial score (nSPS) is 14.0. The summed E-state index contributed by atoms with van der Waals surface area (Å²) in [5, 5.41) is 9.01. The third-order valence-electron chi connectivity index (χ3n) is 4.05. The van der Waals surface area contributed by atoms with Crippen molar-refractivity contribution in [2.24, 2.45) is 0 Å². The quantitative estimate of drug-likeness (QED) is 0.871.